The van der Waals surface area contributed by atoms with Gasteiger partial charge in [-0.15, -0.1) is 0 Å². The van der Waals surface area contributed by atoms with Crippen LogP contribution in [0.4, 0.5) is 22.0 Å². The average Bonchev–Trinajstić information content (AvgIpc) is 2.86. The molecule has 4 aromatic rings. The van der Waals surface area contributed by atoms with Crippen molar-refractivity contribution in [2.24, 2.45) is 0 Å². The Morgan fingerprint density at radius 2 is 1.11 bits per heavy atom. The highest BCUT2D eigenvalue weighted by Crippen LogP contribution is 2.25. The summed E-state index contributed by atoms with van der Waals surface area (Å²) in [7, 11) is 0. The molecule has 0 aromatic heterocycles. The van der Waals surface area contributed by atoms with Crippen LogP contribution in [0.5, 0.6) is 0 Å². The van der Waals surface area contributed by atoms with Gasteiger partial charge in [0.05, 0.1) is 0 Å². The molecular weight excluding hydrogens is 467 g/mol. The second-order valence-corrected chi connectivity index (χ2v) is 9.35. The van der Waals surface area contributed by atoms with Crippen LogP contribution in [0, 0.1) is 29.1 Å². The van der Waals surface area contributed by atoms with Crippen LogP contribution in [0.25, 0.3) is 10.8 Å². The third kappa shape index (κ3) is 6.13. The minimum Gasteiger partial charge on any atom is -0.207 e. The summed E-state index contributed by atoms with van der Waals surface area (Å²) >= 11 is 0. The van der Waals surface area contributed by atoms with Gasteiger partial charge in [0.1, 0.15) is 11.6 Å². The Labute approximate surface area is 208 Å². The van der Waals surface area contributed by atoms with Crippen LogP contribution >= 0.6 is 0 Å². The van der Waals surface area contributed by atoms with Gasteiger partial charge in [0, 0.05) is 5.39 Å². The van der Waals surface area contributed by atoms with E-state index in [2.05, 4.69) is 6.92 Å². The van der Waals surface area contributed by atoms with Gasteiger partial charge in [-0.25, -0.2) is 22.0 Å². The third-order valence-electron chi connectivity index (χ3n) is 6.69. The smallest absolute Gasteiger partial charge is 0.194 e. The monoisotopic (exact) mass is 496 g/mol. The first-order chi connectivity index (χ1) is 17.4. The summed E-state index contributed by atoms with van der Waals surface area (Å²) in [5.41, 5.74) is 3.36. The van der Waals surface area contributed by atoms with Gasteiger partial charge < -0.3 is 0 Å². The molecule has 5 heteroatoms. The largest absolute Gasteiger partial charge is 0.207 e. The minimum atomic E-state index is -1.51. The quantitative estimate of drug-likeness (QED) is 0.117. The van der Waals surface area contributed by atoms with Crippen LogP contribution in [-0.4, -0.2) is 0 Å². The topological polar surface area (TPSA) is 0 Å². The Morgan fingerprint density at radius 3 is 1.83 bits per heavy atom. The van der Waals surface area contributed by atoms with Gasteiger partial charge in [0.2, 0.25) is 0 Å². The van der Waals surface area contributed by atoms with Crippen molar-refractivity contribution in [3.05, 3.63) is 118 Å². The van der Waals surface area contributed by atoms with Gasteiger partial charge >= 0.3 is 0 Å². The molecule has 0 aliphatic heterocycles. The molecule has 0 heterocycles. The first-order valence-electron chi connectivity index (χ1n) is 12.5. The van der Waals surface area contributed by atoms with E-state index in [1.54, 1.807) is 18.2 Å². The fourth-order valence-corrected chi connectivity index (χ4v) is 4.57. The van der Waals surface area contributed by atoms with Crippen LogP contribution in [0.3, 0.4) is 0 Å². The summed E-state index contributed by atoms with van der Waals surface area (Å²) in [5, 5.41) is 1.19. The zero-order valence-electron chi connectivity index (χ0n) is 20.3. The molecule has 0 aliphatic rings. The summed E-state index contributed by atoms with van der Waals surface area (Å²) in [6.07, 6.45) is 5.82. The maximum Gasteiger partial charge on any atom is 0.194 e. The van der Waals surface area contributed by atoms with Crippen molar-refractivity contribution < 1.29 is 22.0 Å². The minimum absolute atomic E-state index is 0.178. The Bertz CT molecular complexity index is 1340. The molecular formula is C31H29F5. The zero-order valence-corrected chi connectivity index (χ0v) is 20.3. The molecule has 0 N–H and O–H groups in total. The van der Waals surface area contributed by atoms with Crippen molar-refractivity contribution in [1.82, 2.24) is 0 Å². The highest BCUT2D eigenvalue weighted by atomic mass is 19.2. The summed E-state index contributed by atoms with van der Waals surface area (Å²) in [6.45, 7) is 2.15. The van der Waals surface area contributed by atoms with Gasteiger partial charge in [0.15, 0.2) is 17.5 Å². The molecule has 0 saturated carbocycles. The van der Waals surface area contributed by atoms with Crippen molar-refractivity contribution in [1.29, 1.82) is 0 Å². The maximum atomic E-state index is 15.1. The number of aryl methyl sites for hydroxylation is 5. The molecule has 0 unspecified atom stereocenters. The van der Waals surface area contributed by atoms with Gasteiger partial charge in [-0.3, -0.25) is 0 Å². The van der Waals surface area contributed by atoms with E-state index in [4.69, 9.17) is 0 Å². The van der Waals surface area contributed by atoms with Crippen molar-refractivity contribution in [3.63, 3.8) is 0 Å². The van der Waals surface area contributed by atoms with Crippen LogP contribution in [0.2, 0.25) is 0 Å². The molecule has 36 heavy (non-hydrogen) atoms. The maximum absolute atomic E-state index is 15.1. The van der Waals surface area contributed by atoms with Gasteiger partial charge in [0.25, 0.3) is 0 Å². The Hall–Kier alpha value is -3.21. The third-order valence-corrected chi connectivity index (χ3v) is 6.69. The Morgan fingerprint density at radius 1 is 0.500 bits per heavy atom. The van der Waals surface area contributed by atoms with Crippen molar-refractivity contribution in [2.45, 2.75) is 58.3 Å². The summed E-state index contributed by atoms with van der Waals surface area (Å²) in [5.74, 6) is -4.57. The molecule has 0 saturated heterocycles. The number of benzene rings is 4. The molecule has 0 radical (unpaired) electrons. The SMILES string of the molecule is CCCCCc1ccc(CCc2ccc3c(F)c(CCc4cc(F)c(F)c(F)c4)ccc3c2)c(F)c1. The van der Waals surface area contributed by atoms with Crippen LogP contribution in [-0.2, 0) is 32.1 Å². The second-order valence-electron chi connectivity index (χ2n) is 9.35. The average molecular weight is 497 g/mol. The zero-order chi connectivity index (χ0) is 25.7. The normalized spacial score (nSPS) is 11.4. The predicted molar refractivity (Wildman–Crippen MR) is 135 cm³/mol. The summed E-state index contributed by atoms with van der Waals surface area (Å²) < 4.78 is 69.7. The van der Waals surface area contributed by atoms with Crippen molar-refractivity contribution >= 4 is 10.8 Å². The molecule has 0 nitrogen and oxygen atoms in total. The fraction of sp³-hybridized carbons (Fsp3) is 0.290. The highest BCUT2D eigenvalue weighted by Gasteiger charge is 2.13. The first kappa shape index (κ1) is 25.9. The number of rotatable bonds is 10. The van der Waals surface area contributed by atoms with E-state index in [1.165, 1.54) is 0 Å². The van der Waals surface area contributed by atoms with Crippen LogP contribution < -0.4 is 0 Å². The van der Waals surface area contributed by atoms with Gasteiger partial charge in [-0.2, -0.15) is 0 Å². The standard InChI is InChI=1S/C31H29F5/c1-2-3-4-5-20-6-10-23(27(32)17-20)11-7-21-9-15-26-25(16-21)14-13-24(30(26)35)12-8-22-18-28(33)31(36)29(34)19-22/h6,9-10,13-19H,2-5,7-8,11-12H2,1H3. The molecule has 4 rings (SSSR count). The van der Waals surface area contributed by atoms with Crippen LogP contribution in [0.15, 0.2) is 60.7 Å². The van der Waals surface area contributed by atoms with Crippen molar-refractivity contribution in [2.75, 3.05) is 0 Å². The molecule has 4 aromatic carbocycles. The molecule has 0 fully saturated rings. The van der Waals surface area contributed by atoms with E-state index in [9.17, 15) is 17.6 Å². The second kappa shape index (κ2) is 11.7. The Balaban J connectivity index is 1.42. The lowest BCUT2D eigenvalue weighted by molar-refractivity contribution is 0.445. The number of halogens is 5. The highest BCUT2D eigenvalue weighted by molar-refractivity contribution is 5.84. The number of fused-ring (bicyclic) bond motifs is 1. The lowest BCUT2D eigenvalue weighted by atomic mass is 9.96. The van der Waals surface area contributed by atoms with E-state index in [-0.39, 0.29) is 30.0 Å². The molecule has 0 aliphatic carbocycles. The van der Waals surface area contributed by atoms with E-state index in [0.29, 0.717) is 29.4 Å². The fourth-order valence-electron chi connectivity index (χ4n) is 4.57. The molecule has 0 bridgehead atoms. The van der Waals surface area contributed by atoms with Crippen LogP contribution in [0.1, 0.15) is 54.0 Å². The number of unbranched alkanes of at least 4 members (excludes halogenated alkanes) is 2. The van der Waals surface area contributed by atoms with Crippen molar-refractivity contribution in [3.8, 4) is 0 Å². The van der Waals surface area contributed by atoms with Gasteiger partial charge in [-0.1, -0.05) is 62.2 Å². The first-order valence-corrected chi connectivity index (χ1v) is 12.5. The van der Waals surface area contributed by atoms with Gasteiger partial charge in [-0.05, 0) is 89.9 Å². The lowest BCUT2D eigenvalue weighted by Gasteiger charge is -2.10. The summed E-state index contributed by atoms with van der Waals surface area (Å²) in [4.78, 5) is 0. The van der Waals surface area contributed by atoms with E-state index < -0.39 is 17.5 Å². The molecule has 0 atom stereocenters. The Kier molecular flexibility index (Phi) is 8.40. The number of hydrogen-bond acceptors (Lipinski definition) is 0. The number of hydrogen-bond donors (Lipinski definition) is 0. The predicted octanol–water partition coefficient (Wildman–Crippen LogP) is 8.84. The summed E-state index contributed by atoms with van der Waals surface area (Å²) in [6, 6.07) is 16.3. The molecule has 0 spiro atoms. The van der Waals surface area contributed by atoms with E-state index >= 15 is 4.39 Å². The molecule has 0 amide bonds. The van der Waals surface area contributed by atoms with E-state index in [0.717, 1.165) is 54.3 Å². The lowest BCUT2D eigenvalue weighted by Crippen LogP contribution is -2.00. The van der Waals surface area contributed by atoms with E-state index in [1.807, 2.05) is 30.3 Å². The molecule has 188 valence electrons.